The van der Waals surface area contributed by atoms with Crippen molar-refractivity contribution in [1.29, 1.82) is 0 Å². The van der Waals surface area contributed by atoms with E-state index in [-0.39, 0.29) is 11.1 Å². The van der Waals surface area contributed by atoms with Gasteiger partial charge in [-0.05, 0) is 25.1 Å². The lowest BCUT2D eigenvalue weighted by Crippen LogP contribution is -2.24. The van der Waals surface area contributed by atoms with Crippen molar-refractivity contribution in [2.24, 2.45) is 16.5 Å². The van der Waals surface area contributed by atoms with Crippen LogP contribution in [-0.2, 0) is 0 Å². The highest BCUT2D eigenvalue weighted by atomic mass is 19.1. The fourth-order valence-corrected chi connectivity index (χ4v) is 1.11. The lowest BCUT2D eigenvalue weighted by atomic mass is 10.1. The van der Waals surface area contributed by atoms with Gasteiger partial charge < -0.3 is 11.5 Å². The first-order valence-corrected chi connectivity index (χ1v) is 4.36. The predicted molar refractivity (Wildman–Crippen MR) is 56.5 cm³/mol. The van der Waals surface area contributed by atoms with Gasteiger partial charge in [-0.2, -0.15) is 4.99 Å². The molecule has 0 aromatic heterocycles. The molecular weight excluding hydrogens is 213 g/mol. The summed E-state index contributed by atoms with van der Waals surface area (Å²) < 4.78 is 13.1. The van der Waals surface area contributed by atoms with Crippen LogP contribution < -0.4 is 11.5 Å². The second-order valence-electron chi connectivity index (χ2n) is 3.09. The number of carbonyl (C=O) groups is 2. The van der Waals surface area contributed by atoms with Gasteiger partial charge in [0.05, 0.1) is 5.56 Å². The van der Waals surface area contributed by atoms with Gasteiger partial charge in [0, 0.05) is 5.56 Å². The summed E-state index contributed by atoms with van der Waals surface area (Å²) in [4.78, 5) is 25.7. The highest BCUT2D eigenvalue weighted by molar-refractivity contribution is 6.04. The zero-order valence-electron chi connectivity index (χ0n) is 8.53. The maximum absolute atomic E-state index is 13.1. The third kappa shape index (κ3) is 2.63. The zero-order valence-corrected chi connectivity index (χ0v) is 8.53. The minimum absolute atomic E-state index is 0.0556. The Morgan fingerprint density at radius 3 is 2.44 bits per heavy atom. The molecule has 1 rings (SSSR count). The Balaban J connectivity index is 3.18. The predicted octanol–water partition coefficient (Wildman–Crippen LogP) is 0.442. The number of amides is 1. The first kappa shape index (κ1) is 11.8. The van der Waals surface area contributed by atoms with E-state index in [1.807, 2.05) is 0 Å². The topological polar surface area (TPSA) is 98.5 Å². The standard InChI is InChI=1S/C10H10FN3O2/c1-5(15)7-4-6(2-3-8(7)11)9(16)14-10(12)13/h2-4H,1H3,(H4,12,13,14,16). The van der Waals surface area contributed by atoms with Gasteiger partial charge >= 0.3 is 0 Å². The lowest BCUT2D eigenvalue weighted by molar-refractivity contribution is 0.100. The van der Waals surface area contributed by atoms with E-state index in [0.29, 0.717) is 0 Å². The van der Waals surface area contributed by atoms with Gasteiger partial charge in [-0.25, -0.2) is 4.39 Å². The third-order valence-electron chi connectivity index (χ3n) is 1.82. The van der Waals surface area contributed by atoms with Crippen molar-refractivity contribution < 1.29 is 14.0 Å². The first-order valence-electron chi connectivity index (χ1n) is 4.36. The van der Waals surface area contributed by atoms with Crippen molar-refractivity contribution in [1.82, 2.24) is 0 Å². The molecule has 0 spiro atoms. The summed E-state index contributed by atoms with van der Waals surface area (Å²) in [6.45, 7) is 1.20. The highest BCUT2D eigenvalue weighted by Gasteiger charge is 2.12. The van der Waals surface area contributed by atoms with Gasteiger partial charge in [0.2, 0.25) is 0 Å². The van der Waals surface area contributed by atoms with E-state index in [9.17, 15) is 14.0 Å². The van der Waals surface area contributed by atoms with Crippen molar-refractivity contribution >= 4 is 17.6 Å². The monoisotopic (exact) mass is 223 g/mol. The minimum atomic E-state index is -0.720. The van der Waals surface area contributed by atoms with E-state index in [2.05, 4.69) is 4.99 Å². The molecule has 0 saturated heterocycles. The molecule has 84 valence electrons. The van der Waals surface area contributed by atoms with Crippen molar-refractivity contribution in [3.8, 4) is 0 Å². The molecule has 0 saturated carbocycles. The molecule has 6 heteroatoms. The maximum atomic E-state index is 13.1. The molecular formula is C10H10FN3O2. The van der Waals surface area contributed by atoms with E-state index in [1.54, 1.807) is 0 Å². The SMILES string of the molecule is CC(=O)c1cc(C(=O)N=C(N)N)ccc1F. The first-order chi connectivity index (χ1) is 7.41. The number of ketones is 1. The summed E-state index contributed by atoms with van der Waals surface area (Å²) in [5.74, 6) is -2.27. The molecule has 0 aliphatic heterocycles. The molecule has 0 heterocycles. The van der Waals surface area contributed by atoms with Crippen LogP contribution in [0.15, 0.2) is 23.2 Å². The summed E-state index contributed by atoms with van der Waals surface area (Å²) in [7, 11) is 0. The molecule has 4 N–H and O–H groups in total. The number of aliphatic imine (C=N–C) groups is 1. The number of carbonyl (C=O) groups excluding carboxylic acids is 2. The van der Waals surface area contributed by atoms with Crippen molar-refractivity contribution in [2.75, 3.05) is 0 Å². The Kier molecular flexibility index (Phi) is 3.34. The largest absolute Gasteiger partial charge is 0.370 e. The van der Waals surface area contributed by atoms with Crippen LogP contribution in [0, 0.1) is 5.82 Å². The van der Waals surface area contributed by atoms with Crippen LogP contribution in [0.25, 0.3) is 0 Å². The average molecular weight is 223 g/mol. The molecule has 0 aliphatic carbocycles. The van der Waals surface area contributed by atoms with E-state index < -0.39 is 23.5 Å². The Morgan fingerprint density at radius 1 is 1.31 bits per heavy atom. The summed E-state index contributed by atoms with van der Waals surface area (Å²) in [6, 6.07) is 3.34. The normalized spacial score (nSPS) is 9.62. The second-order valence-corrected chi connectivity index (χ2v) is 3.09. The molecule has 16 heavy (non-hydrogen) atoms. The second kappa shape index (κ2) is 4.52. The maximum Gasteiger partial charge on any atom is 0.280 e. The molecule has 0 aliphatic rings. The van der Waals surface area contributed by atoms with Crippen molar-refractivity contribution in [3.05, 3.63) is 35.1 Å². The van der Waals surface area contributed by atoms with Crippen LogP contribution in [0.2, 0.25) is 0 Å². The smallest absolute Gasteiger partial charge is 0.280 e. The number of halogens is 1. The summed E-state index contributed by atoms with van der Waals surface area (Å²) in [5.41, 5.74) is 9.93. The number of benzene rings is 1. The summed E-state index contributed by atoms with van der Waals surface area (Å²) in [6.07, 6.45) is 0. The Bertz CT molecular complexity index is 479. The third-order valence-corrected chi connectivity index (χ3v) is 1.82. The summed E-state index contributed by atoms with van der Waals surface area (Å²) in [5, 5.41) is 0. The van der Waals surface area contributed by atoms with Gasteiger partial charge in [0.25, 0.3) is 5.91 Å². The van der Waals surface area contributed by atoms with Gasteiger partial charge in [-0.1, -0.05) is 0 Å². The zero-order chi connectivity index (χ0) is 12.3. The number of hydrogen-bond donors (Lipinski definition) is 2. The van der Waals surface area contributed by atoms with Gasteiger partial charge in [-0.15, -0.1) is 0 Å². The summed E-state index contributed by atoms with van der Waals surface area (Å²) >= 11 is 0. The fourth-order valence-electron chi connectivity index (χ4n) is 1.11. The molecule has 1 aromatic carbocycles. The molecule has 0 bridgehead atoms. The minimum Gasteiger partial charge on any atom is -0.370 e. The van der Waals surface area contributed by atoms with Crippen LogP contribution in [0.4, 0.5) is 4.39 Å². The quantitative estimate of drug-likeness (QED) is 0.431. The number of rotatable bonds is 2. The van der Waals surface area contributed by atoms with E-state index in [0.717, 1.165) is 12.1 Å². The van der Waals surface area contributed by atoms with Crippen LogP contribution in [0.1, 0.15) is 27.6 Å². The molecule has 1 aromatic rings. The van der Waals surface area contributed by atoms with E-state index >= 15 is 0 Å². The Labute approximate surface area is 91.0 Å². The molecule has 5 nitrogen and oxygen atoms in total. The van der Waals surface area contributed by atoms with Crippen molar-refractivity contribution in [2.45, 2.75) is 6.92 Å². The number of nitrogens with two attached hydrogens (primary N) is 2. The van der Waals surface area contributed by atoms with E-state index in [4.69, 9.17) is 11.5 Å². The molecule has 0 fully saturated rings. The van der Waals surface area contributed by atoms with Gasteiger partial charge in [-0.3, -0.25) is 9.59 Å². The number of Topliss-reactive ketones (excluding diaryl/α,β-unsaturated/α-hetero) is 1. The van der Waals surface area contributed by atoms with Crippen LogP contribution in [0.3, 0.4) is 0 Å². The number of guanidine groups is 1. The number of nitrogens with zero attached hydrogens (tertiary/aromatic N) is 1. The number of hydrogen-bond acceptors (Lipinski definition) is 2. The molecule has 0 radical (unpaired) electrons. The molecule has 0 unspecified atom stereocenters. The fraction of sp³-hybridized carbons (Fsp3) is 0.100. The molecule has 1 amide bonds. The Hall–Kier alpha value is -2.24. The van der Waals surface area contributed by atoms with Gasteiger partial charge in [0.1, 0.15) is 5.82 Å². The van der Waals surface area contributed by atoms with Crippen LogP contribution in [-0.4, -0.2) is 17.6 Å². The highest BCUT2D eigenvalue weighted by Crippen LogP contribution is 2.12. The van der Waals surface area contributed by atoms with Crippen molar-refractivity contribution in [3.63, 3.8) is 0 Å². The Morgan fingerprint density at radius 2 is 1.94 bits per heavy atom. The molecule has 0 atom stereocenters. The lowest BCUT2D eigenvalue weighted by Gasteiger charge is -2.01. The van der Waals surface area contributed by atoms with Crippen LogP contribution in [0.5, 0.6) is 0 Å². The van der Waals surface area contributed by atoms with Crippen LogP contribution >= 0.6 is 0 Å². The van der Waals surface area contributed by atoms with Gasteiger partial charge in [0.15, 0.2) is 11.7 Å². The van der Waals surface area contributed by atoms with E-state index in [1.165, 1.54) is 13.0 Å². The average Bonchev–Trinajstić information content (AvgIpc) is 2.16.